The number of rotatable bonds is 3. The summed E-state index contributed by atoms with van der Waals surface area (Å²) in [6, 6.07) is 9.03. The molecule has 4 rings (SSSR count). The lowest BCUT2D eigenvalue weighted by atomic mass is 9.87. The molecule has 3 N–H and O–H groups in total. The summed E-state index contributed by atoms with van der Waals surface area (Å²) in [5.41, 5.74) is -11.2. The highest BCUT2D eigenvalue weighted by atomic mass is 19.4. The molecule has 2 heterocycles. The molecule has 0 atom stereocenters. The fourth-order valence-electron chi connectivity index (χ4n) is 3.75. The van der Waals surface area contributed by atoms with E-state index in [0.29, 0.717) is 0 Å². The molecule has 7 nitrogen and oxygen atoms in total. The van der Waals surface area contributed by atoms with Gasteiger partial charge in [-0.15, -0.1) is 0 Å². The number of fused-ring (bicyclic) bond motifs is 1. The molecule has 0 unspecified atom stereocenters. The monoisotopic (exact) mass is 503 g/mol. The molecular weight excluding hydrogens is 489 g/mol. The summed E-state index contributed by atoms with van der Waals surface area (Å²) in [6.07, 6.45) is -12.3. The maximum absolute atomic E-state index is 14.5. The molecule has 0 bridgehead atoms. The highest BCUT2D eigenvalue weighted by Crippen LogP contribution is 2.48. The summed E-state index contributed by atoms with van der Waals surface area (Å²) in [5, 5.41) is 2.27. The standard InChI is InChI=1S/C21H13F7N4O3/c1-35-11-8-6-10(7-9-11)15-29-16-14(19(31-15,20(23,24)25)21(26,27)28)17(33)30-18(34)32(16)13-5-3-2-4-12(13)22/h2-9H,1H3,(H,29,31)(H,30,33,34)/p+1. The van der Waals surface area contributed by atoms with Gasteiger partial charge in [0, 0.05) is 0 Å². The van der Waals surface area contributed by atoms with E-state index in [1.54, 1.807) is 0 Å². The quantitative estimate of drug-likeness (QED) is 0.477. The van der Waals surface area contributed by atoms with E-state index in [-0.39, 0.29) is 15.9 Å². The van der Waals surface area contributed by atoms with Crippen LogP contribution in [0.1, 0.15) is 11.1 Å². The van der Waals surface area contributed by atoms with Gasteiger partial charge in [0.15, 0.2) is 0 Å². The number of halogens is 7. The Morgan fingerprint density at radius 1 is 0.943 bits per heavy atom. The van der Waals surface area contributed by atoms with E-state index >= 15 is 0 Å². The van der Waals surface area contributed by atoms with Crippen molar-refractivity contribution in [1.29, 1.82) is 0 Å². The SMILES string of the molecule is COc1ccc(C2=[NH+]C(C(F)(F)F)(C(F)(F)F)c3c(n(-c4ccccc4F)c(=O)[nH]c3=O)N2)cc1. The number of anilines is 1. The zero-order valence-electron chi connectivity index (χ0n) is 17.4. The van der Waals surface area contributed by atoms with Crippen molar-refractivity contribution in [2.45, 2.75) is 17.9 Å². The minimum atomic E-state index is -6.13. The molecule has 184 valence electrons. The van der Waals surface area contributed by atoms with Gasteiger partial charge < -0.3 is 4.74 Å². The number of nitrogens with zero attached hydrogens (tertiary/aromatic N) is 1. The average molecular weight is 503 g/mol. The fourth-order valence-corrected chi connectivity index (χ4v) is 3.75. The number of nitrogens with one attached hydrogen (secondary N) is 3. The van der Waals surface area contributed by atoms with Gasteiger partial charge in [0.1, 0.15) is 17.1 Å². The first-order valence-corrected chi connectivity index (χ1v) is 9.66. The molecule has 0 amide bonds. The van der Waals surface area contributed by atoms with Crippen molar-refractivity contribution < 1.29 is 40.5 Å². The summed E-state index contributed by atoms with van der Waals surface area (Å²) in [4.78, 5) is 28.0. The number of hydrogen-bond donors (Lipinski definition) is 3. The summed E-state index contributed by atoms with van der Waals surface area (Å²) >= 11 is 0. The van der Waals surface area contributed by atoms with Gasteiger partial charge in [-0.1, -0.05) is 12.1 Å². The predicted octanol–water partition coefficient (Wildman–Crippen LogP) is 1.95. The molecule has 3 aromatic rings. The summed E-state index contributed by atoms with van der Waals surface area (Å²) in [6.45, 7) is 0. The van der Waals surface area contributed by atoms with Crippen LogP contribution in [0.4, 0.5) is 36.6 Å². The molecule has 35 heavy (non-hydrogen) atoms. The first-order valence-electron chi connectivity index (χ1n) is 9.66. The van der Waals surface area contributed by atoms with Crippen LogP contribution >= 0.6 is 0 Å². The lowest BCUT2D eigenvalue weighted by molar-refractivity contribution is -0.658. The van der Waals surface area contributed by atoms with Crippen molar-refractivity contribution in [1.82, 2.24) is 9.55 Å². The summed E-state index contributed by atoms with van der Waals surface area (Å²) in [7, 11) is 1.30. The van der Waals surface area contributed by atoms with Crippen LogP contribution in [-0.2, 0) is 5.54 Å². The zero-order chi connectivity index (χ0) is 25.8. The third-order valence-electron chi connectivity index (χ3n) is 5.36. The molecule has 0 aliphatic carbocycles. The Morgan fingerprint density at radius 2 is 1.54 bits per heavy atom. The Labute approximate surface area is 190 Å². The van der Waals surface area contributed by atoms with E-state index in [9.17, 15) is 40.3 Å². The number of H-pyrrole nitrogens is 1. The number of aromatic nitrogens is 2. The molecule has 0 radical (unpaired) electrons. The highest BCUT2D eigenvalue weighted by molar-refractivity contribution is 6.05. The number of benzene rings is 2. The normalized spacial score (nSPS) is 15.1. The first kappa shape index (κ1) is 24.0. The maximum atomic E-state index is 14.5. The zero-order valence-corrected chi connectivity index (χ0v) is 17.4. The van der Waals surface area contributed by atoms with Gasteiger partial charge in [0.2, 0.25) is 5.82 Å². The molecule has 0 saturated heterocycles. The second-order valence-corrected chi connectivity index (χ2v) is 7.37. The maximum Gasteiger partial charge on any atom is 0.446 e. The smallest absolute Gasteiger partial charge is 0.446 e. The van der Waals surface area contributed by atoms with E-state index in [1.807, 2.05) is 0 Å². The van der Waals surface area contributed by atoms with Crippen LogP contribution < -0.4 is 26.3 Å². The van der Waals surface area contributed by atoms with Gasteiger partial charge >= 0.3 is 23.6 Å². The minimum Gasteiger partial charge on any atom is -0.497 e. The van der Waals surface area contributed by atoms with Crippen LogP contribution in [0.25, 0.3) is 5.69 Å². The third kappa shape index (κ3) is 3.65. The molecule has 0 fully saturated rings. The summed E-state index contributed by atoms with van der Waals surface area (Å²) in [5.74, 6) is -2.93. The van der Waals surface area contributed by atoms with Crippen molar-refractivity contribution in [2.75, 3.05) is 12.4 Å². The van der Waals surface area contributed by atoms with Crippen molar-refractivity contribution in [2.24, 2.45) is 0 Å². The lowest BCUT2D eigenvalue weighted by Gasteiger charge is -2.35. The second-order valence-electron chi connectivity index (χ2n) is 7.37. The molecule has 14 heteroatoms. The van der Waals surface area contributed by atoms with Crippen LogP contribution in [-0.4, -0.2) is 34.8 Å². The molecule has 0 spiro atoms. The molecule has 2 aromatic carbocycles. The van der Waals surface area contributed by atoms with Crippen molar-refractivity contribution >= 4 is 11.7 Å². The van der Waals surface area contributed by atoms with Crippen LogP contribution in [0.3, 0.4) is 0 Å². The van der Waals surface area contributed by atoms with Gasteiger partial charge in [-0.2, -0.15) is 26.3 Å². The van der Waals surface area contributed by atoms with Crippen LogP contribution in [0.15, 0.2) is 58.1 Å². The second kappa shape index (κ2) is 7.99. The minimum absolute atomic E-state index is 0.206. The Hall–Kier alpha value is -4.10. The van der Waals surface area contributed by atoms with Gasteiger partial charge in [0.05, 0.1) is 18.4 Å². The van der Waals surface area contributed by atoms with E-state index in [0.717, 1.165) is 24.3 Å². The van der Waals surface area contributed by atoms with Crippen LogP contribution in [0.5, 0.6) is 5.75 Å². The predicted molar refractivity (Wildman–Crippen MR) is 108 cm³/mol. The Morgan fingerprint density at radius 3 is 2.09 bits per heavy atom. The van der Waals surface area contributed by atoms with Crippen molar-refractivity contribution in [3.8, 4) is 11.4 Å². The molecule has 1 aliphatic heterocycles. The van der Waals surface area contributed by atoms with E-state index in [1.165, 1.54) is 41.4 Å². The van der Waals surface area contributed by atoms with Gasteiger partial charge in [-0.25, -0.2) is 24.1 Å². The van der Waals surface area contributed by atoms with E-state index in [2.05, 4.69) is 5.32 Å². The van der Waals surface area contributed by atoms with Gasteiger partial charge in [0.25, 0.3) is 11.4 Å². The summed E-state index contributed by atoms with van der Waals surface area (Å²) < 4.78 is 106. The number of hydrogen-bond acceptors (Lipinski definition) is 4. The number of para-hydroxylation sites is 1. The van der Waals surface area contributed by atoms with Crippen LogP contribution in [0, 0.1) is 5.82 Å². The number of methoxy groups -OCH3 is 1. The van der Waals surface area contributed by atoms with Crippen molar-refractivity contribution in [3.05, 3.63) is 86.3 Å². The van der Waals surface area contributed by atoms with E-state index < -0.39 is 57.9 Å². The van der Waals surface area contributed by atoms with Crippen molar-refractivity contribution in [3.63, 3.8) is 0 Å². The average Bonchev–Trinajstić information content (AvgIpc) is 2.78. The molecule has 1 aromatic heterocycles. The topological polar surface area (TPSA) is 90.1 Å². The van der Waals surface area contributed by atoms with Gasteiger partial charge in [-0.05, 0) is 36.4 Å². The molecule has 0 saturated carbocycles. The fraction of sp³-hybridized carbons (Fsp3) is 0.190. The van der Waals surface area contributed by atoms with Crippen LogP contribution in [0.2, 0.25) is 0 Å². The largest absolute Gasteiger partial charge is 0.497 e. The van der Waals surface area contributed by atoms with Gasteiger partial charge in [-0.3, -0.25) is 9.78 Å². The number of alkyl halides is 6. The Bertz CT molecular complexity index is 1420. The third-order valence-corrected chi connectivity index (χ3v) is 5.36. The Balaban J connectivity index is 2.17. The van der Waals surface area contributed by atoms with E-state index in [4.69, 9.17) is 4.74 Å². The highest BCUT2D eigenvalue weighted by Gasteiger charge is 2.78. The number of aromatic amines is 1. The lowest BCUT2D eigenvalue weighted by Crippen LogP contribution is -2.97. The number of ether oxygens (including phenoxy) is 1. The first-order chi connectivity index (χ1) is 16.3. The molecule has 1 aliphatic rings. The Kier molecular flexibility index (Phi) is 5.49. The number of amidine groups is 1. The molecular formula is C21H14F7N4O3+.